The molecule has 2 aromatic carbocycles. The van der Waals surface area contributed by atoms with Crippen LogP contribution in [0.3, 0.4) is 0 Å². The van der Waals surface area contributed by atoms with Gasteiger partial charge in [0.05, 0.1) is 5.38 Å². The molecule has 0 saturated carbocycles. The Morgan fingerprint density at radius 1 is 1.20 bits per heavy atom. The summed E-state index contributed by atoms with van der Waals surface area (Å²) in [4.78, 5) is 4.36. The average Bonchev–Trinajstić information content (AvgIpc) is 2.83. The third-order valence-electron chi connectivity index (χ3n) is 3.25. The van der Waals surface area contributed by atoms with Crippen molar-refractivity contribution in [2.24, 2.45) is 0 Å². The summed E-state index contributed by atoms with van der Waals surface area (Å²) in [7, 11) is 0. The highest BCUT2D eigenvalue weighted by molar-refractivity contribution is 6.20. The zero-order valence-electron chi connectivity index (χ0n) is 10.9. The highest BCUT2D eigenvalue weighted by Crippen LogP contribution is 2.29. The predicted molar refractivity (Wildman–Crippen MR) is 77.4 cm³/mol. The summed E-state index contributed by atoms with van der Waals surface area (Å²) in [5.74, 6) is 0.260. The quantitative estimate of drug-likeness (QED) is 0.647. The Hall–Kier alpha value is -1.87. The van der Waals surface area contributed by atoms with E-state index in [0.717, 1.165) is 11.1 Å². The molecular weight excluding hydrogens is 277 g/mol. The van der Waals surface area contributed by atoms with Gasteiger partial charge >= 0.3 is 0 Å². The molecule has 0 aliphatic heterocycles. The number of fused-ring (bicyclic) bond motifs is 1. The monoisotopic (exact) mass is 289 g/mol. The van der Waals surface area contributed by atoms with Gasteiger partial charge in [-0.15, -0.1) is 11.6 Å². The Bertz CT molecular complexity index is 720. The molecule has 0 fully saturated rings. The molecule has 0 aliphatic rings. The van der Waals surface area contributed by atoms with Gasteiger partial charge in [0.15, 0.2) is 11.5 Å². The molecule has 3 rings (SSSR count). The molecule has 0 N–H and O–H groups in total. The minimum atomic E-state index is -0.497. The Morgan fingerprint density at radius 2 is 2.00 bits per heavy atom. The topological polar surface area (TPSA) is 26.0 Å². The van der Waals surface area contributed by atoms with Gasteiger partial charge in [-0.1, -0.05) is 30.3 Å². The Kier molecular flexibility index (Phi) is 3.45. The molecule has 0 amide bonds. The molecule has 0 spiro atoms. The third kappa shape index (κ3) is 2.41. The minimum absolute atomic E-state index is 0.261. The van der Waals surface area contributed by atoms with Crippen molar-refractivity contribution in [2.75, 3.05) is 0 Å². The van der Waals surface area contributed by atoms with Crippen LogP contribution in [0.2, 0.25) is 0 Å². The number of oxazole rings is 1. The molecule has 1 unspecified atom stereocenters. The molecule has 0 saturated heterocycles. The number of nitrogens with zero attached hydrogens (tertiary/aromatic N) is 1. The zero-order valence-corrected chi connectivity index (χ0v) is 11.7. The first kappa shape index (κ1) is 13.1. The number of benzene rings is 2. The van der Waals surface area contributed by atoms with E-state index in [-0.39, 0.29) is 5.82 Å². The van der Waals surface area contributed by atoms with Crippen molar-refractivity contribution in [2.45, 2.75) is 18.7 Å². The van der Waals surface area contributed by atoms with E-state index < -0.39 is 5.38 Å². The van der Waals surface area contributed by atoms with Crippen LogP contribution in [0.1, 0.15) is 22.4 Å². The van der Waals surface area contributed by atoms with Crippen LogP contribution in [0.5, 0.6) is 0 Å². The fourth-order valence-electron chi connectivity index (χ4n) is 2.18. The standard InChI is InChI=1S/C16H13ClFNO/c1-10-5-4-6-11(16(10)18)12(17)9-15-19-13-7-2-3-8-14(13)20-15/h2-8,12H,9H2,1H3. The van der Waals surface area contributed by atoms with Crippen molar-refractivity contribution >= 4 is 22.7 Å². The van der Waals surface area contributed by atoms with Crippen LogP contribution in [0.25, 0.3) is 11.1 Å². The molecule has 1 heterocycles. The van der Waals surface area contributed by atoms with Crippen LogP contribution in [-0.4, -0.2) is 4.98 Å². The Balaban J connectivity index is 1.88. The van der Waals surface area contributed by atoms with Gasteiger partial charge in [-0.05, 0) is 24.6 Å². The fraction of sp³-hybridized carbons (Fsp3) is 0.188. The van der Waals surface area contributed by atoms with Gasteiger partial charge in [0.2, 0.25) is 0 Å². The second kappa shape index (κ2) is 5.25. The number of aromatic nitrogens is 1. The smallest absolute Gasteiger partial charge is 0.197 e. The van der Waals surface area contributed by atoms with Crippen LogP contribution in [0.15, 0.2) is 46.9 Å². The van der Waals surface area contributed by atoms with E-state index in [4.69, 9.17) is 16.0 Å². The predicted octanol–water partition coefficient (Wildman–Crippen LogP) is 4.80. The highest BCUT2D eigenvalue weighted by atomic mass is 35.5. The SMILES string of the molecule is Cc1cccc(C(Cl)Cc2nc3ccccc3o2)c1F. The molecule has 2 nitrogen and oxygen atoms in total. The molecule has 0 radical (unpaired) electrons. The van der Waals surface area contributed by atoms with E-state index in [0.29, 0.717) is 23.4 Å². The van der Waals surface area contributed by atoms with Gasteiger partial charge in [0.25, 0.3) is 0 Å². The van der Waals surface area contributed by atoms with Gasteiger partial charge in [-0.2, -0.15) is 0 Å². The van der Waals surface area contributed by atoms with Crippen molar-refractivity contribution in [3.63, 3.8) is 0 Å². The summed E-state index contributed by atoms with van der Waals surface area (Å²) in [6.07, 6.45) is 0.358. The number of hydrogen-bond donors (Lipinski definition) is 0. The van der Waals surface area contributed by atoms with Crippen molar-refractivity contribution in [3.8, 4) is 0 Å². The number of para-hydroxylation sites is 2. The molecule has 1 atom stereocenters. The van der Waals surface area contributed by atoms with Gasteiger partial charge in [-0.3, -0.25) is 0 Å². The van der Waals surface area contributed by atoms with Crippen LogP contribution in [-0.2, 0) is 6.42 Å². The van der Waals surface area contributed by atoms with Gasteiger partial charge < -0.3 is 4.42 Å². The highest BCUT2D eigenvalue weighted by Gasteiger charge is 2.17. The third-order valence-corrected chi connectivity index (χ3v) is 3.64. The lowest BCUT2D eigenvalue weighted by molar-refractivity contribution is 0.519. The van der Waals surface area contributed by atoms with Crippen LogP contribution >= 0.6 is 11.6 Å². The van der Waals surface area contributed by atoms with Crippen molar-refractivity contribution in [1.82, 2.24) is 4.98 Å². The molecule has 0 bridgehead atoms. The number of halogens is 2. The van der Waals surface area contributed by atoms with Crippen LogP contribution < -0.4 is 0 Å². The van der Waals surface area contributed by atoms with Crippen LogP contribution in [0, 0.1) is 12.7 Å². The summed E-state index contributed by atoms with van der Waals surface area (Å²) in [5.41, 5.74) is 2.58. The first-order valence-corrected chi connectivity index (χ1v) is 6.82. The summed E-state index contributed by atoms with van der Waals surface area (Å²) in [6.45, 7) is 1.72. The lowest BCUT2D eigenvalue weighted by Gasteiger charge is -2.10. The maximum absolute atomic E-state index is 14.0. The Labute approximate surface area is 121 Å². The van der Waals surface area contributed by atoms with E-state index in [1.807, 2.05) is 24.3 Å². The Morgan fingerprint density at radius 3 is 2.80 bits per heavy atom. The van der Waals surface area contributed by atoms with Crippen molar-refractivity contribution < 1.29 is 8.81 Å². The van der Waals surface area contributed by atoms with Crippen molar-refractivity contribution in [3.05, 3.63) is 65.3 Å². The summed E-state index contributed by atoms with van der Waals surface area (Å²) >= 11 is 6.31. The van der Waals surface area contributed by atoms with E-state index >= 15 is 0 Å². The maximum atomic E-state index is 14.0. The van der Waals surface area contributed by atoms with E-state index in [1.54, 1.807) is 25.1 Å². The molecule has 3 aromatic rings. The van der Waals surface area contributed by atoms with E-state index in [1.165, 1.54) is 0 Å². The summed E-state index contributed by atoms with van der Waals surface area (Å²) in [6, 6.07) is 12.7. The van der Waals surface area contributed by atoms with E-state index in [2.05, 4.69) is 4.98 Å². The average molecular weight is 290 g/mol. The normalized spacial score (nSPS) is 12.8. The largest absolute Gasteiger partial charge is 0.441 e. The number of rotatable bonds is 3. The molecular formula is C16H13ClFNO. The number of hydrogen-bond acceptors (Lipinski definition) is 2. The number of alkyl halides is 1. The molecule has 102 valence electrons. The molecule has 4 heteroatoms. The second-order valence-corrected chi connectivity index (χ2v) is 5.25. The fourth-order valence-corrected chi connectivity index (χ4v) is 2.48. The lowest BCUT2D eigenvalue weighted by Crippen LogP contribution is -2.00. The molecule has 1 aromatic heterocycles. The minimum Gasteiger partial charge on any atom is -0.441 e. The molecule has 20 heavy (non-hydrogen) atoms. The van der Waals surface area contributed by atoms with Gasteiger partial charge in [0, 0.05) is 12.0 Å². The zero-order chi connectivity index (χ0) is 14.1. The van der Waals surface area contributed by atoms with Crippen LogP contribution in [0.4, 0.5) is 4.39 Å². The summed E-state index contributed by atoms with van der Waals surface area (Å²) in [5, 5.41) is -0.497. The molecule has 0 aliphatic carbocycles. The van der Waals surface area contributed by atoms with E-state index in [9.17, 15) is 4.39 Å². The number of aryl methyl sites for hydroxylation is 1. The van der Waals surface area contributed by atoms with Gasteiger partial charge in [0.1, 0.15) is 11.3 Å². The second-order valence-electron chi connectivity index (χ2n) is 4.73. The van der Waals surface area contributed by atoms with Gasteiger partial charge in [-0.25, -0.2) is 9.37 Å². The summed E-state index contributed by atoms with van der Waals surface area (Å²) < 4.78 is 19.6. The van der Waals surface area contributed by atoms with Crippen molar-refractivity contribution in [1.29, 1.82) is 0 Å². The first-order valence-electron chi connectivity index (χ1n) is 6.38. The first-order chi connectivity index (χ1) is 9.65. The maximum Gasteiger partial charge on any atom is 0.197 e. The lowest BCUT2D eigenvalue weighted by atomic mass is 10.1.